The molecule has 35 heavy (non-hydrogen) atoms. The van der Waals surface area contributed by atoms with Crippen molar-refractivity contribution in [1.82, 2.24) is 20.2 Å². The number of nitrogens with one attached hydrogen (secondary N) is 1. The van der Waals surface area contributed by atoms with Gasteiger partial charge in [-0.1, -0.05) is 12.1 Å². The predicted octanol–water partition coefficient (Wildman–Crippen LogP) is 0.996. The van der Waals surface area contributed by atoms with Crippen LogP contribution >= 0.6 is 0 Å². The van der Waals surface area contributed by atoms with Crippen LogP contribution < -0.4 is 19.9 Å². The number of benzene rings is 1. The zero-order valence-electron chi connectivity index (χ0n) is 20.8. The Morgan fingerprint density at radius 3 is 2.80 bits per heavy atom. The summed E-state index contributed by atoms with van der Waals surface area (Å²) < 4.78 is 11.3. The molecule has 2 aliphatic rings. The number of hydrogen-bond donors (Lipinski definition) is 2. The summed E-state index contributed by atoms with van der Waals surface area (Å²) in [5.41, 5.74) is 0.814. The SMILES string of the molecule is CNCC(O)COc1cccc(-c2nc(N3CCN(C)C(=O)C3)cc(N(C)C3CCOCC3)n2)c1. The van der Waals surface area contributed by atoms with Gasteiger partial charge in [0.1, 0.15) is 30.1 Å². The number of carbonyl (C=O) groups is 1. The average Bonchev–Trinajstić information content (AvgIpc) is 2.89. The number of anilines is 2. The smallest absolute Gasteiger partial charge is 0.241 e. The Balaban J connectivity index is 1.64. The molecule has 4 rings (SSSR count). The lowest BCUT2D eigenvalue weighted by molar-refractivity contribution is -0.129. The topological polar surface area (TPSA) is 103 Å². The Hall–Kier alpha value is -2.95. The normalized spacial score (nSPS) is 18.0. The van der Waals surface area contributed by atoms with E-state index in [1.807, 2.05) is 42.3 Å². The molecule has 0 aliphatic carbocycles. The number of carbonyl (C=O) groups excluding carboxylic acids is 1. The molecule has 2 fully saturated rings. The molecule has 1 amide bonds. The number of amides is 1. The fourth-order valence-corrected chi connectivity index (χ4v) is 4.32. The van der Waals surface area contributed by atoms with Gasteiger partial charge in [-0.05, 0) is 32.0 Å². The summed E-state index contributed by atoms with van der Waals surface area (Å²) in [6.07, 6.45) is 1.28. The van der Waals surface area contributed by atoms with Crippen molar-refractivity contribution in [1.29, 1.82) is 0 Å². The Labute approximate surface area is 206 Å². The number of nitrogens with zero attached hydrogens (tertiary/aromatic N) is 5. The highest BCUT2D eigenvalue weighted by atomic mass is 16.5. The van der Waals surface area contributed by atoms with Gasteiger partial charge in [-0.3, -0.25) is 4.79 Å². The van der Waals surface area contributed by atoms with E-state index in [9.17, 15) is 9.90 Å². The van der Waals surface area contributed by atoms with Crippen LogP contribution in [0.2, 0.25) is 0 Å². The summed E-state index contributed by atoms with van der Waals surface area (Å²) in [5, 5.41) is 12.9. The van der Waals surface area contributed by atoms with Gasteiger partial charge in [0.15, 0.2) is 5.82 Å². The zero-order chi connectivity index (χ0) is 24.8. The van der Waals surface area contributed by atoms with E-state index in [2.05, 4.69) is 17.3 Å². The van der Waals surface area contributed by atoms with Gasteiger partial charge in [0.25, 0.3) is 0 Å². The van der Waals surface area contributed by atoms with Crippen molar-refractivity contribution in [2.75, 3.05) is 76.9 Å². The van der Waals surface area contributed by atoms with Crippen LogP contribution in [0.5, 0.6) is 5.75 Å². The number of aliphatic hydroxyl groups is 1. The van der Waals surface area contributed by atoms with E-state index < -0.39 is 6.10 Å². The molecule has 0 bridgehead atoms. The molecule has 0 saturated carbocycles. The number of ether oxygens (including phenoxy) is 2. The van der Waals surface area contributed by atoms with Crippen LogP contribution in [0.1, 0.15) is 12.8 Å². The minimum atomic E-state index is -0.599. The summed E-state index contributed by atoms with van der Waals surface area (Å²) in [5.74, 6) is 2.84. The second kappa shape index (κ2) is 11.7. The fourth-order valence-electron chi connectivity index (χ4n) is 4.32. The third-order valence-electron chi connectivity index (χ3n) is 6.55. The first-order chi connectivity index (χ1) is 16.9. The summed E-state index contributed by atoms with van der Waals surface area (Å²) >= 11 is 0. The van der Waals surface area contributed by atoms with Crippen LogP contribution in [0.3, 0.4) is 0 Å². The lowest BCUT2D eigenvalue weighted by Gasteiger charge is -2.35. The first-order valence-electron chi connectivity index (χ1n) is 12.2. The van der Waals surface area contributed by atoms with E-state index in [4.69, 9.17) is 19.4 Å². The monoisotopic (exact) mass is 484 g/mol. The molecular weight excluding hydrogens is 448 g/mol. The molecule has 1 aromatic heterocycles. The molecule has 2 aliphatic heterocycles. The minimum Gasteiger partial charge on any atom is -0.491 e. The molecule has 3 heterocycles. The Bertz CT molecular complexity index is 1000. The van der Waals surface area contributed by atoms with Gasteiger partial charge in [-0.15, -0.1) is 0 Å². The highest BCUT2D eigenvalue weighted by Crippen LogP contribution is 2.29. The molecule has 1 atom stereocenters. The third-order valence-corrected chi connectivity index (χ3v) is 6.55. The minimum absolute atomic E-state index is 0.0753. The predicted molar refractivity (Wildman–Crippen MR) is 135 cm³/mol. The second-order valence-electron chi connectivity index (χ2n) is 9.15. The Kier molecular flexibility index (Phi) is 8.37. The van der Waals surface area contributed by atoms with Gasteiger partial charge in [-0.2, -0.15) is 0 Å². The summed E-state index contributed by atoms with van der Waals surface area (Å²) in [4.78, 5) is 28.1. The molecule has 2 saturated heterocycles. The highest BCUT2D eigenvalue weighted by molar-refractivity contribution is 5.82. The van der Waals surface area contributed by atoms with Crippen LogP contribution in [-0.4, -0.2) is 105 Å². The standard InChI is InChI=1S/C25H36N6O4/c1-26-15-20(32)17-35-21-6-4-5-18(13-21)25-27-22(30(3)19-7-11-34-12-8-19)14-23(28-25)31-10-9-29(2)24(33)16-31/h4-6,13-14,19-20,26,32H,7-12,15-17H2,1-3H3. The second-order valence-corrected chi connectivity index (χ2v) is 9.15. The van der Waals surface area contributed by atoms with E-state index in [1.165, 1.54) is 0 Å². The maximum atomic E-state index is 12.4. The Morgan fingerprint density at radius 1 is 1.26 bits per heavy atom. The van der Waals surface area contributed by atoms with Crippen molar-refractivity contribution >= 4 is 17.5 Å². The maximum Gasteiger partial charge on any atom is 0.241 e. The van der Waals surface area contributed by atoms with Gasteiger partial charge in [0, 0.05) is 64.6 Å². The number of piperazine rings is 1. The van der Waals surface area contributed by atoms with E-state index in [1.54, 1.807) is 11.9 Å². The molecule has 2 N–H and O–H groups in total. The van der Waals surface area contributed by atoms with Crippen LogP contribution in [0, 0.1) is 0 Å². The molecule has 1 unspecified atom stereocenters. The fraction of sp³-hybridized carbons (Fsp3) is 0.560. The van der Waals surface area contributed by atoms with Gasteiger partial charge in [-0.25, -0.2) is 9.97 Å². The highest BCUT2D eigenvalue weighted by Gasteiger charge is 2.25. The third kappa shape index (κ3) is 6.39. The number of hydrogen-bond acceptors (Lipinski definition) is 9. The zero-order valence-corrected chi connectivity index (χ0v) is 20.8. The first-order valence-corrected chi connectivity index (χ1v) is 12.2. The van der Waals surface area contributed by atoms with Crippen molar-refractivity contribution in [2.45, 2.75) is 25.0 Å². The van der Waals surface area contributed by atoms with Crippen LogP contribution in [0.4, 0.5) is 11.6 Å². The molecule has 2 aromatic rings. The maximum absolute atomic E-state index is 12.4. The number of likely N-dealkylation sites (N-methyl/N-ethyl adjacent to an activating group) is 2. The Morgan fingerprint density at radius 2 is 2.06 bits per heavy atom. The first kappa shape index (κ1) is 25.2. The summed E-state index contributed by atoms with van der Waals surface area (Å²) in [6, 6.07) is 9.89. The quantitative estimate of drug-likeness (QED) is 0.539. The summed E-state index contributed by atoms with van der Waals surface area (Å²) in [6.45, 7) is 3.78. The molecule has 0 spiro atoms. The molecule has 190 valence electrons. The van der Waals surface area contributed by atoms with Crippen molar-refractivity contribution in [3.63, 3.8) is 0 Å². The number of aromatic nitrogens is 2. The van der Waals surface area contributed by atoms with Gasteiger partial charge < -0.3 is 34.6 Å². The number of rotatable bonds is 9. The summed E-state index contributed by atoms with van der Waals surface area (Å²) in [7, 11) is 5.68. The van der Waals surface area contributed by atoms with E-state index in [0.29, 0.717) is 43.8 Å². The van der Waals surface area contributed by atoms with Crippen LogP contribution in [0.25, 0.3) is 11.4 Å². The van der Waals surface area contributed by atoms with Crippen LogP contribution in [0.15, 0.2) is 30.3 Å². The van der Waals surface area contributed by atoms with Gasteiger partial charge in [0.05, 0.1) is 6.54 Å². The molecule has 10 heteroatoms. The molecule has 0 radical (unpaired) electrons. The average molecular weight is 485 g/mol. The largest absolute Gasteiger partial charge is 0.491 e. The van der Waals surface area contributed by atoms with Crippen LogP contribution in [-0.2, 0) is 9.53 Å². The lowest BCUT2D eigenvalue weighted by atomic mass is 10.1. The number of aliphatic hydroxyl groups excluding tert-OH is 1. The van der Waals surface area contributed by atoms with Gasteiger partial charge >= 0.3 is 0 Å². The van der Waals surface area contributed by atoms with E-state index >= 15 is 0 Å². The lowest BCUT2D eigenvalue weighted by Crippen LogP contribution is -2.49. The van der Waals surface area contributed by atoms with Gasteiger partial charge in [0.2, 0.25) is 5.91 Å². The van der Waals surface area contributed by atoms with Crippen molar-refractivity contribution in [3.8, 4) is 17.1 Å². The van der Waals surface area contributed by atoms with E-state index in [-0.39, 0.29) is 12.5 Å². The molecule has 1 aromatic carbocycles. The van der Waals surface area contributed by atoms with E-state index in [0.717, 1.165) is 43.3 Å². The van der Waals surface area contributed by atoms with Crippen molar-refractivity contribution in [3.05, 3.63) is 30.3 Å². The molecule has 10 nitrogen and oxygen atoms in total. The van der Waals surface area contributed by atoms with Crippen molar-refractivity contribution in [2.24, 2.45) is 0 Å². The van der Waals surface area contributed by atoms with Crippen molar-refractivity contribution < 1.29 is 19.4 Å². The molecular formula is C25H36N6O4.